The van der Waals surface area contributed by atoms with E-state index in [0.717, 1.165) is 42.9 Å². The summed E-state index contributed by atoms with van der Waals surface area (Å²) in [5.74, 6) is -1.37. The minimum atomic E-state index is -0.986. The molecule has 10 nitrogen and oxygen atoms in total. The zero-order valence-electron chi connectivity index (χ0n) is 22.5. The molecule has 2 fully saturated rings. The third-order valence-corrected chi connectivity index (χ3v) is 7.84. The van der Waals surface area contributed by atoms with Crippen LogP contribution in [0.3, 0.4) is 0 Å². The molecule has 10 heteroatoms. The summed E-state index contributed by atoms with van der Waals surface area (Å²) in [5, 5.41) is 5.52. The van der Waals surface area contributed by atoms with Crippen molar-refractivity contribution < 1.29 is 23.9 Å². The molecule has 41 heavy (non-hydrogen) atoms. The van der Waals surface area contributed by atoms with Gasteiger partial charge in [0.15, 0.2) is 0 Å². The standard InChI is InChI=1S/C31H31N5O5/c37-26-12-11-25(29(38)34-26)36-30(39)23-4-3-5-24(28(23)31(36)40)33-18-20-7-9-21(10-8-20)19-35-16-13-22(14-17-35)41-27-6-1-2-15-32-27/h1-10,15,22,25,33H,11-14,16-19H2,(H,34,37,38). The maximum atomic E-state index is 13.3. The molecule has 0 radical (unpaired) electrons. The summed E-state index contributed by atoms with van der Waals surface area (Å²) in [4.78, 5) is 57.9. The largest absolute Gasteiger partial charge is 0.474 e. The van der Waals surface area contributed by atoms with Gasteiger partial charge in [0.05, 0.1) is 11.1 Å². The Morgan fingerprint density at radius 2 is 1.66 bits per heavy atom. The van der Waals surface area contributed by atoms with Gasteiger partial charge in [0.25, 0.3) is 11.8 Å². The lowest BCUT2D eigenvalue weighted by Crippen LogP contribution is -2.54. The van der Waals surface area contributed by atoms with Crippen LogP contribution >= 0.6 is 0 Å². The van der Waals surface area contributed by atoms with Crippen molar-refractivity contribution in [2.24, 2.45) is 0 Å². The van der Waals surface area contributed by atoms with Gasteiger partial charge in [-0.15, -0.1) is 0 Å². The number of carbonyl (C=O) groups is 4. The van der Waals surface area contributed by atoms with Gasteiger partial charge in [-0.3, -0.25) is 34.3 Å². The Labute approximate surface area is 237 Å². The number of imide groups is 2. The van der Waals surface area contributed by atoms with E-state index in [1.807, 2.05) is 18.2 Å². The number of amides is 4. The minimum absolute atomic E-state index is 0.0869. The van der Waals surface area contributed by atoms with Crippen LogP contribution in [0.25, 0.3) is 0 Å². The zero-order valence-corrected chi connectivity index (χ0v) is 22.5. The van der Waals surface area contributed by atoms with Gasteiger partial charge in [0.1, 0.15) is 12.1 Å². The smallest absolute Gasteiger partial charge is 0.264 e. The number of aromatic nitrogens is 1. The molecule has 1 aromatic heterocycles. The van der Waals surface area contributed by atoms with Gasteiger partial charge >= 0.3 is 0 Å². The first-order valence-corrected chi connectivity index (χ1v) is 13.9. The van der Waals surface area contributed by atoms with Crippen molar-refractivity contribution >= 4 is 29.3 Å². The average molecular weight is 554 g/mol. The summed E-state index contributed by atoms with van der Waals surface area (Å²) in [7, 11) is 0. The molecule has 2 aromatic carbocycles. The van der Waals surface area contributed by atoms with E-state index in [4.69, 9.17) is 4.74 Å². The quantitative estimate of drug-likeness (QED) is 0.408. The summed E-state index contributed by atoms with van der Waals surface area (Å²) in [6.07, 6.45) is 4.07. The highest BCUT2D eigenvalue weighted by atomic mass is 16.5. The molecular weight excluding hydrogens is 522 g/mol. The molecule has 3 aromatic rings. The molecule has 0 bridgehead atoms. The number of ether oxygens (including phenoxy) is 1. The number of nitrogens with one attached hydrogen (secondary N) is 2. The Bertz CT molecular complexity index is 1470. The topological polar surface area (TPSA) is 121 Å². The van der Waals surface area contributed by atoms with Gasteiger partial charge in [0.2, 0.25) is 17.7 Å². The number of pyridine rings is 1. The fraction of sp³-hybridized carbons (Fsp3) is 0.323. The lowest BCUT2D eigenvalue weighted by molar-refractivity contribution is -0.136. The van der Waals surface area contributed by atoms with Crippen LogP contribution in [0, 0.1) is 0 Å². The van der Waals surface area contributed by atoms with Crippen LogP contribution in [0.15, 0.2) is 66.9 Å². The van der Waals surface area contributed by atoms with E-state index in [9.17, 15) is 19.2 Å². The second kappa shape index (κ2) is 11.5. The molecule has 2 N–H and O–H groups in total. The van der Waals surface area contributed by atoms with Crippen molar-refractivity contribution in [3.05, 3.63) is 89.1 Å². The minimum Gasteiger partial charge on any atom is -0.474 e. The predicted octanol–water partition coefficient (Wildman–Crippen LogP) is 3.14. The van der Waals surface area contributed by atoms with Crippen molar-refractivity contribution in [3.63, 3.8) is 0 Å². The number of likely N-dealkylation sites (tertiary alicyclic amines) is 1. The van der Waals surface area contributed by atoms with E-state index in [-0.39, 0.29) is 30.1 Å². The molecule has 6 rings (SSSR count). The molecule has 1 unspecified atom stereocenters. The van der Waals surface area contributed by atoms with Gasteiger partial charge < -0.3 is 10.1 Å². The van der Waals surface area contributed by atoms with Gasteiger partial charge in [-0.1, -0.05) is 36.4 Å². The third-order valence-electron chi connectivity index (χ3n) is 7.84. The summed E-state index contributed by atoms with van der Waals surface area (Å²) in [6.45, 7) is 3.25. The average Bonchev–Trinajstić information content (AvgIpc) is 3.24. The Hall–Kier alpha value is -4.57. The van der Waals surface area contributed by atoms with Crippen molar-refractivity contribution in [1.29, 1.82) is 0 Å². The fourth-order valence-electron chi connectivity index (χ4n) is 5.65. The van der Waals surface area contributed by atoms with E-state index < -0.39 is 29.7 Å². The second-order valence-corrected chi connectivity index (χ2v) is 10.6. The lowest BCUT2D eigenvalue weighted by Gasteiger charge is -2.31. The number of rotatable bonds is 8. The molecule has 0 aliphatic carbocycles. The molecule has 0 saturated carbocycles. The maximum Gasteiger partial charge on any atom is 0.264 e. The van der Waals surface area contributed by atoms with Gasteiger partial charge in [-0.05, 0) is 48.6 Å². The SMILES string of the molecule is O=C1CCC(N2C(=O)c3cccc(NCc4ccc(CN5CCC(Oc6ccccn6)CC5)cc4)c3C2=O)C(=O)N1. The Morgan fingerprint density at radius 1 is 0.878 bits per heavy atom. The molecule has 2 saturated heterocycles. The van der Waals surface area contributed by atoms with Crippen LogP contribution < -0.4 is 15.4 Å². The summed E-state index contributed by atoms with van der Waals surface area (Å²) in [5.41, 5.74) is 3.31. The van der Waals surface area contributed by atoms with Crippen LogP contribution in [-0.2, 0) is 22.7 Å². The highest BCUT2D eigenvalue weighted by Gasteiger charge is 2.45. The molecule has 0 spiro atoms. The van der Waals surface area contributed by atoms with Crippen LogP contribution in [0.5, 0.6) is 5.88 Å². The lowest BCUT2D eigenvalue weighted by atomic mass is 10.0. The highest BCUT2D eigenvalue weighted by Crippen LogP contribution is 2.32. The van der Waals surface area contributed by atoms with Crippen molar-refractivity contribution in [2.45, 2.75) is 50.9 Å². The van der Waals surface area contributed by atoms with E-state index >= 15 is 0 Å². The van der Waals surface area contributed by atoms with Crippen molar-refractivity contribution in [1.82, 2.24) is 20.1 Å². The summed E-state index contributed by atoms with van der Waals surface area (Å²) >= 11 is 0. The van der Waals surface area contributed by atoms with Crippen molar-refractivity contribution in [3.8, 4) is 5.88 Å². The normalized spacial score (nSPS) is 19.7. The number of benzene rings is 2. The molecule has 3 aliphatic rings. The number of nitrogens with zero attached hydrogens (tertiary/aromatic N) is 3. The molecular formula is C31H31N5O5. The highest BCUT2D eigenvalue weighted by molar-refractivity contribution is 6.25. The Kier molecular flexibility index (Phi) is 7.47. The molecule has 4 heterocycles. The van der Waals surface area contributed by atoms with E-state index in [0.29, 0.717) is 18.1 Å². The van der Waals surface area contributed by atoms with Gasteiger partial charge in [-0.25, -0.2) is 4.98 Å². The van der Waals surface area contributed by atoms with E-state index in [1.165, 1.54) is 5.56 Å². The summed E-state index contributed by atoms with van der Waals surface area (Å²) < 4.78 is 6.00. The summed E-state index contributed by atoms with van der Waals surface area (Å²) in [6, 6.07) is 18.1. The van der Waals surface area contributed by atoms with Crippen LogP contribution in [-0.4, -0.2) is 63.6 Å². The van der Waals surface area contributed by atoms with Crippen LogP contribution in [0.2, 0.25) is 0 Å². The first kappa shape index (κ1) is 26.6. The number of carbonyl (C=O) groups excluding carboxylic acids is 4. The monoisotopic (exact) mass is 553 g/mol. The second-order valence-electron chi connectivity index (χ2n) is 10.6. The molecule has 4 amide bonds. The van der Waals surface area contributed by atoms with Crippen molar-refractivity contribution in [2.75, 3.05) is 18.4 Å². The van der Waals surface area contributed by atoms with Crippen LogP contribution in [0.1, 0.15) is 57.5 Å². The number of fused-ring (bicyclic) bond motifs is 1. The van der Waals surface area contributed by atoms with Gasteiger partial charge in [0, 0.05) is 50.6 Å². The Morgan fingerprint density at radius 3 is 2.39 bits per heavy atom. The Balaban J connectivity index is 1.04. The van der Waals surface area contributed by atoms with E-state index in [1.54, 1.807) is 24.4 Å². The first-order valence-electron chi connectivity index (χ1n) is 13.9. The number of piperidine rings is 2. The van der Waals surface area contributed by atoms with Crippen LogP contribution in [0.4, 0.5) is 5.69 Å². The van der Waals surface area contributed by atoms with E-state index in [2.05, 4.69) is 44.8 Å². The predicted molar refractivity (Wildman–Crippen MR) is 150 cm³/mol. The molecule has 1 atom stereocenters. The molecule has 210 valence electrons. The third kappa shape index (κ3) is 5.69. The fourth-order valence-corrected chi connectivity index (χ4v) is 5.65. The van der Waals surface area contributed by atoms with Gasteiger partial charge in [-0.2, -0.15) is 0 Å². The number of anilines is 1. The number of hydrogen-bond acceptors (Lipinski definition) is 8. The zero-order chi connectivity index (χ0) is 28.3. The first-order chi connectivity index (χ1) is 20.0. The number of hydrogen-bond donors (Lipinski definition) is 2. The molecule has 3 aliphatic heterocycles. The maximum absolute atomic E-state index is 13.3.